The van der Waals surface area contributed by atoms with Crippen LogP contribution in [0.25, 0.3) is 0 Å². The van der Waals surface area contributed by atoms with Crippen LogP contribution in [0.2, 0.25) is 4.34 Å². The molecule has 3 amide bonds. The van der Waals surface area contributed by atoms with Gasteiger partial charge in [-0.15, -0.1) is 11.3 Å². The van der Waals surface area contributed by atoms with E-state index < -0.39 is 22.1 Å². The molecule has 41 heavy (non-hydrogen) atoms. The van der Waals surface area contributed by atoms with Crippen molar-refractivity contribution in [2.75, 3.05) is 62.6 Å². The molecular weight excluding hydrogens is 586 g/mol. The van der Waals surface area contributed by atoms with E-state index in [2.05, 4.69) is 10.2 Å². The molecule has 0 spiro atoms. The third kappa shape index (κ3) is 6.61. The molecule has 3 heterocycles. The summed E-state index contributed by atoms with van der Waals surface area (Å²) >= 11 is 7.00. The zero-order chi connectivity index (χ0) is 29.0. The van der Waals surface area contributed by atoms with Crippen molar-refractivity contribution >= 4 is 56.3 Å². The van der Waals surface area contributed by atoms with Crippen molar-refractivity contribution < 1.29 is 22.7 Å². The van der Waals surface area contributed by atoms with E-state index in [1.54, 1.807) is 29.2 Å². The van der Waals surface area contributed by atoms with Crippen molar-refractivity contribution in [1.29, 1.82) is 0 Å². The Morgan fingerprint density at radius 3 is 2.24 bits per heavy atom. The Morgan fingerprint density at radius 2 is 1.61 bits per heavy atom. The SMILES string of the molecule is CCOc1ccc(NC(=O)N2CCN(S(=O)(=O)c3ccc(Cl)s3)C(C(=O)N3CCN(c4ccccc4)CC3)C2)cc1. The Kier molecular flexibility index (Phi) is 9.03. The van der Waals surface area contributed by atoms with Crippen LogP contribution in [0.4, 0.5) is 16.2 Å². The highest BCUT2D eigenvalue weighted by Gasteiger charge is 2.43. The molecule has 1 N–H and O–H groups in total. The molecule has 2 aliphatic rings. The van der Waals surface area contributed by atoms with Crippen LogP contribution >= 0.6 is 22.9 Å². The lowest BCUT2D eigenvalue weighted by Gasteiger charge is -2.43. The zero-order valence-electron chi connectivity index (χ0n) is 22.6. The quantitative estimate of drug-likeness (QED) is 0.429. The maximum absolute atomic E-state index is 13.9. The Labute approximate surface area is 249 Å². The van der Waals surface area contributed by atoms with E-state index in [0.29, 0.717) is 48.6 Å². The summed E-state index contributed by atoms with van der Waals surface area (Å²) < 4.78 is 34.4. The molecule has 2 saturated heterocycles. The molecule has 3 aromatic rings. The van der Waals surface area contributed by atoms with Gasteiger partial charge in [-0.2, -0.15) is 4.31 Å². The van der Waals surface area contributed by atoms with Gasteiger partial charge in [-0.05, 0) is 55.5 Å². The van der Waals surface area contributed by atoms with Gasteiger partial charge in [0.25, 0.3) is 10.0 Å². The largest absolute Gasteiger partial charge is 0.494 e. The number of sulfonamides is 1. The highest BCUT2D eigenvalue weighted by atomic mass is 35.5. The average Bonchev–Trinajstić information content (AvgIpc) is 3.45. The number of anilines is 2. The second-order valence-electron chi connectivity index (χ2n) is 9.67. The van der Waals surface area contributed by atoms with Gasteiger partial charge in [0.05, 0.1) is 10.9 Å². The van der Waals surface area contributed by atoms with E-state index >= 15 is 0 Å². The fourth-order valence-electron chi connectivity index (χ4n) is 5.03. The maximum atomic E-state index is 13.9. The first kappa shape index (κ1) is 29.2. The molecule has 1 atom stereocenters. The van der Waals surface area contributed by atoms with Gasteiger partial charge in [0, 0.05) is 57.2 Å². The Bertz CT molecular complexity index is 1460. The molecule has 10 nitrogen and oxygen atoms in total. The van der Waals surface area contributed by atoms with Gasteiger partial charge in [-0.25, -0.2) is 13.2 Å². The molecule has 2 fully saturated rings. The summed E-state index contributed by atoms with van der Waals surface area (Å²) in [6.45, 7) is 4.61. The van der Waals surface area contributed by atoms with Crippen LogP contribution in [0.15, 0.2) is 70.9 Å². The molecule has 0 aliphatic carbocycles. The van der Waals surface area contributed by atoms with Gasteiger partial charge < -0.3 is 24.8 Å². The summed E-state index contributed by atoms with van der Waals surface area (Å²) in [5.41, 5.74) is 1.65. The minimum atomic E-state index is -4.01. The molecule has 1 unspecified atom stereocenters. The number of nitrogens with one attached hydrogen (secondary N) is 1. The van der Waals surface area contributed by atoms with Gasteiger partial charge in [0.2, 0.25) is 5.91 Å². The summed E-state index contributed by atoms with van der Waals surface area (Å²) in [4.78, 5) is 32.5. The average molecular weight is 618 g/mol. The van der Waals surface area contributed by atoms with E-state index in [1.807, 2.05) is 37.3 Å². The second-order valence-corrected chi connectivity index (χ2v) is 13.5. The predicted octanol–water partition coefficient (Wildman–Crippen LogP) is 4.06. The topological polar surface area (TPSA) is 102 Å². The monoisotopic (exact) mass is 617 g/mol. The molecule has 0 bridgehead atoms. The summed E-state index contributed by atoms with van der Waals surface area (Å²) in [7, 11) is -4.01. The first-order valence-corrected chi connectivity index (χ1v) is 16.0. The highest BCUT2D eigenvalue weighted by Crippen LogP contribution is 2.31. The number of halogens is 1. The van der Waals surface area contributed by atoms with E-state index in [9.17, 15) is 18.0 Å². The van der Waals surface area contributed by atoms with E-state index in [4.69, 9.17) is 16.3 Å². The third-order valence-corrected chi connectivity index (χ3v) is 10.8. The number of para-hydroxylation sites is 1. The van der Waals surface area contributed by atoms with E-state index in [1.165, 1.54) is 21.3 Å². The van der Waals surface area contributed by atoms with Gasteiger partial charge >= 0.3 is 6.03 Å². The van der Waals surface area contributed by atoms with Crippen LogP contribution in [0.5, 0.6) is 5.75 Å². The number of carbonyl (C=O) groups is 2. The number of rotatable bonds is 7. The molecule has 13 heteroatoms. The molecule has 0 saturated carbocycles. The van der Waals surface area contributed by atoms with Gasteiger partial charge in [0.15, 0.2) is 0 Å². The number of hydrogen-bond donors (Lipinski definition) is 1. The number of ether oxygens (including phenoxy) is 1. The first-order valence-electron chi connectivity index (χ1n) is 13.4. The standard InChI is InChI=1S/C28H32ClN5O5S2/c1-2-39-23-10-8-21(9-11-23)30-28(36)33-18-19-34(41(37,38)26-13-12-25(29)40-26)24(20-33)27(35)32-16-14-31(15-17-32)22-6-4-3-5-7-22/h3-13,24H,2,14-20H2,1H3,(H,30,36). The smallest absolute Gasteiger partial charge is 0.321 e. The molecule has 218 valence electrons. The van der Waals surface area contributed by atoms with Crippen LogP contribution < -0.4 is 15.0 Å². The fourth-order valence-corrected chi connectivity index (χ4v) is 8.21. The van der Waals surface area contributed by atoms with Crippen LogP contribution in [-0.4, -0.2) is 92.9 Å². The van der Waals surface area contributed by atoms with Gasteiger partial charge in [-0.3, -0.25) is 4.79 Å². The Balaban J connectivity index is 1.33. The summed E-state index contributed by atoms with van der Waals surface area (Å²) in [5, 5.41) is 2.85. The number of nitrogens with zero attached hydrogens (tertiary/aromatic N) is 4. The number of thiophene rings is 1. The second kappa shape index (κ2) is 12.7. The minimum Gasteiger partial charge on any atom is -0.494 e. The van der Waals surface area contributed by atoms with Gasteiger partial charge in [-0.1, -0.05) is 29.8 Å². The van der Waals surface area contributed by atoms with Crippen molar-refractivity contribution in [2.24, 2.45) is 0 Å². The summed E-state index contributed by atoms with van der Waals surface area (Å²) in [6.07, 6.45) is 0. The molecule has 2 aromatic carbocycles. The van der Waals surface area contributed by atoms with Crippen molar-refractivity contribution in [2.45, 2.75) is 17.2 Å². The molecule has 5 rings (SSSR count). The van der Waals surface area contributed by atoms with Crippen molar-refractivity contribution in [3.05, 3.63) is 71.1 Å². The Hall–Kier alpha value is -3.32. The maximum Gasteiger partial charge on any atom is 0.321 e. The molecule has 2 aliphatic heterocycles. The number of benzene rings is 2. The van der Waals surface area contributed by atoms with Crippen LogP contribution in [-0.2, 0) is 14.8 Å². The lowest BCUT2D eigenvalue weighted by molar-refractivity contribution is -0.137. The number of carbonyl (C=O) groups excluding carboxylic acids is 2. The summed E-state index contributed by atoms with van der Waals surface area (Å²) in [5.74, 6) is 0.374. The first-order chi connectivity index (χ1) is 19.8. The van der Waals surface area contributed by atoms with Crippen molar-refractivity contribution in [1.82, 2.24) is 14.1 Å². The molecule has 0 radical (unpaired) electrons. The minimum absolute atomic E-state index is 0.0189. The lowest BCUT2D eigenvalue weighted by atomic mass is 10.1. The van der Waals surface area contributed by atoms with Crippen LogP contribution in [0.3, 0.4) is 0 Å². The lowest BCUT2D eigenvalue weighted by Crippen LogP contribution is -2.63. The van der Waals surface area contributed by atoms with E-state index in [0.717, 1.165) is 17.0 Å². The number of urea groups is 1. The predicted molar refractivity (Wildman–Crippen MR) is 160 cm³/mol. The van der Waals surface area contributed by atoms with Gasteiger partial charge in [0.1, 0.15) is 16.0 Å². The van der Waals surface area contributed by atoms with Crippen molar-refractivity contribution in [3.8, 4) is 5.75 Å². The normalized spacial score (nSPS) is 18.3. The fraction of sp³-hybridized carbons (Fsp3) is 0.357. The number of piperazine rings is 2. The third-order valence-electron chi connectivity index (χ3n) is 7.14. The summed E-state index contributed by atoms with van der Waals surface area (Å²) in [6, 6.07) is 18.5. The van der Waals surface area contributed by atoms with Crippen LogP contribution in [0.1, 0.15) is 6.92 Å². The van der Waals surface area contributed by atoms with Crippen LogP contribution in [0, 0.1) is 0 Å². The highest BCUT2D eigenvalue weighted by molar-refractivity contribution is 7.91. The number of amides is 3. The van der Waals surface area contributed by atoms with E-state index in [-0.39, 0.29) is 29.8 Å². The van der Waals surface area contributed by atoms with Crippen molar-refractivity contribution in [3.63, 3.8) is 0 Å². The Morgan fingerprint density at radius 1 is 0.927 bits per heavy atom. The number of hydrogen-bond acceptors (Lipinski definition) is 7. The molecule has 1 aromatic heterocycles. The molecular formula is C28H32ClN5O5S2. The zero-order valence-corrected chi connectivity index (χ0v) is 25.0.